The van der Waals surface area contributed by atoms with E-state index in [4.69, 9.17) is 12.2 Å². The Bertz CT molecular complexity index is 1050. The Morgan fingerprint density at radius 1 is 0.964 bits per heavy atom. The van der Waals surface area contributed by atoms with E-state index in [9.17, 15) is 9.59 Å². The second kappa shape index (κ2) is 7.69. The lowest BCUT2D eigenvalue weighted by Crippen LogP contribution is -2.30. The van der Waals surface area contributed by atoms with Gasteiger partial charge in [-0.15, -0.1) is 0 Å². The quantitative estimate of drug-likeness (QED) is 0.493. The second-order valence-corrected chi connectivity index (χ2v) is 6.94. The van der Waals surface area contributed by atoms with Crippen LogP contribution in [0.15, 0.2) is 60.8 Å². The minimum Gasteiger partial charge on any atom is -0.336 e. The number of hydrogen-bond donors (Lipinski definition) is 4. The lowest BCUT2D eigenvalue weighted by molar-refractivity contribution is 0.102. The lowest BCUT2D eigenvalue weighted by atomic mass is 10.2. The van der Waals surface area contributed by atoms with Gasteiger partial charge in [0, 0.05) is 29.3 Å². The van der Waals surface area contributed by atoms with Gasteiger partial charge in [-0.25, -0.2) is 4.79 Å². The molecule has 1 fully saturated rings. The predicted molar refractivity (Wildman–Crippen MR) is 111 cm³/mol. The van der Waals surface area contributed by atoms with E-state index in [0.29, 0.717) is 27.9 Å². The van der Waals surface area contributed by atoms with Gasteiger partial charge < -0.3 is 20.9 Å². The number of urea groups is 1. The Hall–Kier alpha value is -3.39. The fourth-order valence-corrected chi connectivity index (χ4v) is 3.04. The molecule has 8 heteroatoms. The molecule has 0 spiro atoms. The maximum absolute atomic E-state index is 12.7. The molecule has 0 saturated heterocycles. The van der Waals surface area contributed by atoms with Gasteiger partial charge in [-0.05, 0) is 61.5 Å². The predicted octanol–water partition coefficient (Wildman–Crippen LogP) is 4.07. The summed E-state index contributed by atoms with van der Waals surface area (Å²) in [6, 6.07) is 16.5. The average Bonchev–Trinajstić information content (AvgIpc) is 3.42. The van der Waals surface area contributed by atoms with Gasteiger partial charge in [-0.3, -0.25) is 9.36 Å². The molecule has 3 aromatic rings. The third kappa shape index (κ3) is 4.12. The zero-order valence-electron chi connectivity index (χ0n) is 14.9. The molecule has 1 aliphatic carbocycles. The summed E-state index contributed by atoms with van der Waals surface area (Å²) in [5, 5.41) is 8.48. The van der Waals surface area contributed by atoms with Gasteiger partial charge in [0.25, 0.3) is 5.91 Å². The maximum Gasteiger partial charge on any atom is 0.319 e. The van der Waals surface area contributed by atoms with E-state index in [2.05, 4.69) is 20.9 Å². The second-order valence-electron chi connectivity index (χ2n) is 6.55. The van der Waals surface area contributed by atoms with Crippen LogP contribution in [-0.4, -0.2) is 27.5 Å². The van der Waals surface area contributed by atoms with Gasteiger partial charge in [0.15, 0.2) is 4.77 Å². The molecule has 3 amide bonds. The summed E-state index contributed by atoms with van der Waals surface area (Å²) in [6.45, 7) is 0. The van der Waals surface area contributed by atoms with Crippen molar-refractivity contribution in [1.29, 1.82) is 0 Å². The monoisotopic (exact) mass is 393 g/mol. The smallest absolute Gasteiger partial charge is 0.319 e. The molecule has 4 N–H and O–H groups in total. The molecular formula is C20H19N5O2S. The number of amides is 3. The number of H-pyrrole nitrogens is 1. The van der Waals surface area contributed by atoms with Gasteiger partial charge >= 0.3 is 6.03 Å². The van der Waals surface area contributed by atoms with E-state index >= 15 is 0 Å². The molecule has 142 valence electrons. The normalized spacial score (nSPS) is 13.0. The largest absolute Gasteiger partial charge is 0.336 e. The van der Waals surface area contributed by atoms with Crippen molar-refractivity contribution in [2.24, 2.45) is 0 Å². The first-order valence-electron chi connectivity index (χ1n) is 8.95. The van der Waals surface area contributed by atoms with E-state index in [0.717, 1.165) is 18.5 Å². The van der Waals surface area contributed by atoms with E-state index in [1.165, 1.54) is 0 Å². The third-order valence-corrected chi connectivity index (χ3v) is 4.64. The fraction of sp³-hybridized carbons (Fsp3) is 0.150. The highest BCUT2D eigenvalue weighted by molar-refractivity contribution is 7.71. The van der Waals surface area contributed by atoms with Crippen molar-refractivity contribution in [3.05, 3.63) is 71.3 Å². The topological polar surface area (TPSA) is 91.0 Å². The van der Waals surface area contributed by atoms with Crippen LogP contribution in [0.25, 0.3) is 5.69 Å². The maximum atomic E-state index is 12.7. The first-order valence-corrected chi connectivity index (χ1v) is 9.36. The number of anilines is 2. The van der Waals surface area contributed by atoms with Crippen molar-refractivity contribution in [2.45, 2.75) is 18.9 Å². The van der Waals surface area contributed by atoms with Crippen molar-refractivity contribution >= 4 is 35.5 Å². The molecule has 2 aromatic carbocycles. The summed E-state index contributed by atoms with van der Waals surface area (Å²) in [5.74, 6) is -0.289. The molecule has 0 atom stereocenters. The molecular weight excluding hydrogens is 374 g/mol. The van der Waals surface area contributed by atoms with Crippen molar-refractivity contribution in [2.75, 3.05) is 10.6 Å². The Kier molecular flexibility index (Phi) is 4.94. The number of nitrogens with one attached hydrogen (secondary N) is 4. The van der Waals surface area contributed by atoms with E-state index in [1.807, 2.05) is 30.3 Å². The number of benzene rings is 2. The molecule has 0 bridgehead atoms. The summed E-state index contributed by atoms with van der Waals surface area (Å²) in [4.78, 5) is 27.4. The van der Waals surface area contributed by atoms with Crippen LogP contribution in [-0.2, 0) is 0 Å². The summed E-state index contributed by atoms with van der Waals surface area (Å²) >= 11 is 5.31. The summed E-state index contributed by atoms with van der Waals surface area (Å²) < 4.78 is 2.13. The highest BCUT2D eigenvalue weighted by Crippen LogP contribution is 2.20. The highest BCUT2D eigenvalue weighted by Gasteiger charge is 2.23. The zero-order valence-corrected chi connectivity index (χ0v) is 15.8. The van der Waals surface area contributed by atoms with Crippen LogP contribution in [0.1, 0.15) is 23.3 Å². The number of nitrogens with zero attached hydrogens (tertiary/aromatic N) is 1. The van der Waals surface area contributed by atoms with Crippen LogP contribution in [0.3, 0.4) is 0 Å². The van der Waals surface area contributed by atoms with Gasteiger partial charge in [-0.1, -0.05) is 18.2 Å². The summed E-state index contributed by atoms with van der Waals surface area (Å²) in [5.41, 5.74) is 2.48. The van der Waals surface area contributed by atoms with Gasteiger partial charge in [0.2, 0.25) is 0 Å². The Morgan fingerprint density at radius 3 is 2.25 bits per heavy atom. The Morgan fingerprint density at radius 2 is 1.61 bits per heavy atom. The molecule has 0 radical (unpaired) electrons. The van der Waals surface area contributed by atoms with Crippen molar-refractivity contribution in [3.63, 3.8) is 0 Å². The van der Waals surface area contributed by atoms with Crippen LogP contribution < -0.4 is 16.0 Å². The van der Waals surface area contributed by atoms with E-state index in [-0.39, 0.29) is 11.9 Å². The molecule has 0 unspecified atom stereocenters. The van der Waals surface area contributed by atoms with Gasteiger partial charge in [-0.2, -0.15) is 0 Å². The highest BCUT2D eigenvalue weighted by atomic mass is 32.1. The molecule has 4 rings (SSSR count). The SMILES string of the molecule is O=C(Nc1ccc(NC(=O)c2c[nH]c(=S)n2-c2ccccc2)cc1)NC1CC1. The minimum atomic E-state index is -0.289. The number of rotatable bonds is 5. The molecule has 28 heavy (non-hydrogen) atoms. The van der Waals surface area contributed by atoms with Crippen LogP contribution in [0.5, 0.6) is 0 Å². The fourth-order valence-electron chi connectivity index (χ4n) is 2.78. The third-order valence-electron chi connectivity index (χ3n) is 4.34. The zero-order chi connectivity index (χ0) is 19.5. The first kappa shape index (κ1) is 18.0. The number of aromatic nitrogens is 2. The van der Waals surface area contributed by atoms with E-state index < -0.39 is 0 Å². The molecule has 1 aliphatic rings. The van der Waals surface area contributed by atoms with Crippen LogP contribution in [0.4, 0.5) is 16.2 Å². The molecule has 1 aromatic heterocycles. The summed E-state index contributed by atoms with van der Waals surface area (Å²) in [6.07, 6.45) is 3.65. The standard InChI is InChI=1S/C20H19N5O2S/c26-18(17-12-21-20(28)25(17)16-4-2-1-3-5-16)22-13-6-8-14(9-7-13)23-19(27)24-15-10-11-15/h1-9,12,15H,10-11H2,(H,21,28)(H,22,26)(H2,23,24,27). The molecule has 1 saturated carbocycles. The van der Waals surface area contributed by atoms with Gasteiger partial charge in [0.05, 0.1) is 0 Å². The average molecular weight is 393 g/mol. The Balaban J connectivity index is 1.45. The van der Waals surface area contributed by atoms with E-state index in [1.54, 1.807) is 35.0 Å². The van der Waals surface area contributed by atoms with Crippen LogP contribution in [0, 0.1) is 4.77 Å². The lowest BCUT2D eigenvalue weighted by Gasteiger charge is -2.10. The molecule has 0 aliphatic heterocycles. The number of aromatic amines is 1. The van der Waals surface area contributed by atoms with Crippen molar-refractivity contribution in [1.82, 2.24) is 14.9 Å². The molecule has 1 heterocycles. The van der Waals surface area contributed by atoms with Crippen LogP contribution in [0.2, 0.25) is 0 Å². The van der Waals surface area contributed by atoms with Crippen molar-refractivity contribution in [3.8, 4) is 5.69 Å². The number of imidazole rings is 1. The van der Waals surface area contributed by atoms with Gasteiger partial charge in [0.1, 0.15) is 5.69 Å². The number of carbonyl (C=O) groups is 2. The number of hydrogen-bond acceptors (Lipinski definition) is 3. The van der Waals surface area contributed by atoms with Crippen LogP contribution >= 0.6 is 12.2 Å². The Labute approximate surface area is 166 Å². The van der Waals surface area contributed by atoms with Crippen molar-refractivity contribution < 1.29 is 9.59 Å². The number of para-hydroxylation sites is 1. The number of carbonyl (C=O) groups excluding carboxylic acids is 2. The first-order chi connectivity index (χ1) is 13.6. The summed E-state index contributed by atoms with van der Waals surface area (Å²) in [7, 11) is 0. The minimum absolute atomic E-state index is 0.214. The molecule has 7 nitrogen and oxygen atoms in total.